The lowest BCUT2D eigenvalue weighted by atomic mass is 10.1. The van der Waals surface area contributed by atoms with Crippen molar-refractivity contribution < 1.29 is 22.9 Å². The van der Waals surface area contributed by atoms with E-state index in [9.17, 15) is 18.4 Å². The Labute approximate surface area is 181 Å². The highest BCUT2D eigenvalue weighted by Gasteiger charge is 2.55. The predicted octanol–water partition coefficient (Wildman–Crippen LogP) is 3.27. The number of fused-ring (bicyclic) bond motifs is 1. The molecule has 1 saturated heterocycles. The fourth-order valence-corrected chi connectivity index (χ4v) is 3.83. The summed E-state index contributed by atoms with van der Waals surface area (Å²) in [6, 6.07) is 7.97. The van der Waals surface area contributed by atoms with Crippen LogP contribution in [0.4, 0.5) is 14.5 Å². The summed E-state index contributed by atoms with van der Waals surface area (Å²) in [6.07, 6.45) is 0. The fourth-order valence-electron chi connectivity index (χ4n) is 3.43. The van der Waals surface area contributed by atoms with Gasteiger partial charge in [-0.2, -0.15) is 10.1 Å². The highest BCUT2D eigenvalue weighted by atomic mass is 79.9. The minimum absolute atomic E-state index is 0.0592. The van der Waals surface area contributed by atoms with Gasteiger partial charge < -0.3 is 4.52 Å². The van der Waals surface area contributed by atoms with Crippen LogP contribution in [0, 0.1) is 11.6 Å². The van der Waals surface area contributed by atoms with E-state index < -0.39 is 35.5 Å². The number of amides is 2. The van der Waals surface area contributed by atoms with Crippen LogP contribution in [-0.4, -0.2) is 39.0 Å². The highest BCUT2D eigenvalue weighted by molar-refractivity contribution is 9.10. The maximum Gasteiger partial charge on any atom is 0.263 e. The fraction of sp³-hybridized carbons (Fsp3) is 0.158. The quantitative estimate of drug-likeness (QED) is 0.522. The summed E-state index contributed by atoms with van der Waals surface area (Å²) in [4.78, 5) is 30.7. The van der Waals surface area contributed by atoms with E-state index in [4.69, 9.17) is 4.52 Å². The Balaban J connectivity index is 1.37. The van der Waals surface area contributed by atoms with Crippen LogP contribution in [0.5, 0.6) is 0 Å². The number of nitrogens with zero attached hydrogens (tertiary/aromatic N) is 6. The maximum absolute atomic E-state index is 13.6. The normalized spacial score (nSPS) is 20.1. The first kappa shape index (κ1) is 19.4. The Hall–Kier alpha value is -3.54. The van der Waals surface area contributed by atoms with Crippen molar-refractivity contribution in [3.05, 3.63) is 64.5 Å². The molecule has 31 heavy (non-hydrogen) atoms. The summed E-state index contributed by atoms with van der Waals surface area (Å²) >= 11 is 3.37. The summed E-state index contributed by atoms with van der Waals surface area (Å²) in [5, 5.41) is 13.0. The molecule has 0 saturated carbocycles. The molecule has 0 spiro atoms. The number of anilines is 1. The number of hydrogen-bond donors (Lipinski definition) is 0. The van der Waals surface area contributed by atoms with Crippen LogP contribution < -0.4 is 4.90 Å². The van der Waals surface area contributed by atoms with Gasteiger partial charge >= 0.3 is 0 Å². The largest absolute Gasteiger partial charge is 0.337 e. The summed E-state index contributed by atoms with van der Waals surface area (Å²) in [6.45, 7) is -0.0592. The minimum atomic E-state index is -1.17. The molecular weight excluding hydrogens is 478 g/mol. The Morgan fingerprint density at radius 2 is 1.90 bits per heavy atom. The topological polar surface area (TPSA) is 104 Å². The maximum atomic E-state index is 13.6. The number of benzene rings is 2. The summed E-state index contributed by atoms with van der Waals surface area (Å²) in [7, 11) is 0. The van der Waals surface area contributed by atoms with Gasteiger partial charge in [-0.1, -0.05) is 38.4 Å². The first-order valence-electron chi connectivity index (χ1n) is 9.01. The average molecular weight is 489 g/mol. The molecule has 9 nitrogen and oxygen atoms in total. The Morgan fingerprint density at radius 3 is 2.68 bits per heavy atom. The van der Waals surface area contributed by atoms with Crippen molar-refractivity contribution >= 4 is 33.4 Å². The number of hydrogen-bond acceptors (Lipinski definition) is 8. The molecule has 0 N–H and O–H groups in total. The smallest absolute Gasteiger partial charge is 0.263 e. The van der Waals surface area contributed by atoms with E-state index in [0.29, 0.717) is 5.82 Å². The third-order valence-corrected chi connectivity index (χ3v) is 5.36. The molecule has 3 heterocycles. The minimum Gasteiger partial charge on any atom is -0.337 e. The van der Waals surface area contributed by atoms with Gasteiger partial charge in [-0.25, -0.2) is 13.7 Å². The number of halogens is 3. The Bertz CT molecular complexity index is 1250. The van der Waals surface area contributed by atoms with E-state index in [1.807, 2.05) is 24.3 Å². The zero-order valence-corrected chi connectivity index (χ0v) is 17.0. The molecule has 156 valence electrons. The molecule has 0 unspecified atom stereocenters. The van der Waals surface area contributed by atoms with Crippen molar-refractivity contribution in [1.29, 1.82) is 0 Å². The molecule has 2 amide bonds. The lowest BCUT2D eigenvalue weighted by Crippen LogP contribution is -2.39. The first-order valence-corrected chi connectivity index (χ1v) is 9.80. The summed E-state index contributed by atoms with van der Waals surface area (Å²) in [5.74, 6) is -3.06. The monoisotopic (exact) mass is 488 g/mol. The van der Waals surface area contributed by atoms with Gasteiger partial charge in [0.2, 0.25) is 11.7 Å². The molecule has 2 atom stereocenters. The van der Waals surface area contributed by atoms with Crippen molar-refractivity contribution in [3.8, 4) is 11.4 Å². The van der Waals surface area contributed by atoms with E-state index in [0.717, 1.165) is 33.1 Å². The second-order valence-corrected chi connectivity index (χ2v) is 7.74. The zero-order chi connectivity index (χ0) is 21.7. The Kier molecular flexibility index (Phi) is 4.58. The lowest BCUT2D eigenvalue weighted by Gasteiger charge is -2.19. The molecule has 2 aromatic carbocycles. The van der Waals surface area contributed by atoms with Crippen LogP contribution in [0.3, 0.4) is 0 Å². The van der Waals surface area contributed by atoms with E-state index in [1.165, 1.54) is 5.01 Å². The molecule has 2 aliphatic heterocycles. The van der Waals surface area contributed by atoms with E-state index in [1.54, 1.807) is 0 Å². The second kappa shape index (κ2) is 7.30. The van der Waals surface area contributed by atoms with Crippen LogP contribution in [0.25, 0.3) is 11.4 Å². The SMILES string of the molecule is O=C1[C@H]2N=NN(Cc3nc(-c4cccc(Br)c4)no3)[C@H]2C(=O)N1c1ccc(F)c(F)c1. The number of rotatable bonds is 4. The molecule has 0 radical (unpaired) electrons. The first-order chi connectivity index (χ1) is 14.9. The average Bonchev–Trinajstić information content (AvgIpc) is 3.43. The predicted molar refractivity (Wildman–Crippen MR) is 104 cm³/mol. The Morgan fingerprint density at radius 1 is 1.06 bits per heavy atom. The number of imide groups is 1. The van der Waals surface area contributed by atoms with Gasteiger partial charge in [0.05, 0.1) is 5.69 Å². The summed E-state index contributed by atoms with van der Waals surface area (Å²) in [5.41, 5.74) is 0.648. The molecule has 1 fully saturated rings. The van der Waals surface area contributed by atoms with Gasteiger partial charge in [0.15, 0.2) is 23.7 Å². The standard InChI is InChI=1S/C19H11BrF2N6O3/c20-10-3-1-2-9(6-10)17-23-14(31-25-17)8-27-16-15(24-26-27)18(29)28(19(16)30)11-4-5-12(21)13(22)7-11/h1-7,15-16H,8H2/t15-,16+/m0/s1. The van der Waals surface area contributed by atoms with Crippen molar-refractivity contribution in [1.82, 2.24) is 15.1 Å². The molecule has 12 heteroatoms. The van der Waals surface area contributed by atoms with E-state index in [-0.39, 0.29) is 18.1 Å². The van der Waals surface area contributed by atoms with Gasteiger partial charge in [-0.05, 0) is 24.3 Å². The third kappa shape index (κ3) is 3.28. The molecule has 3 aromatic rings. The van der Waals surface area contributed by atoms with Crippen LogP contribution >= 0.6 is 15.9 Å². The van der Waals surface area contributed by atoms with Crippen molar-refractivity contribution in [2.45, 2.75) is 18.6 Å². The van der Waals surface area contributed by atoms with Gasteiger partial charge in [-0.15, -0.1) is 0 Å². The highest BCUT2D eigenvalue weighted by Crippen LogP contribution is 2.33. The molecule has 0 bridgehead atoms. The van der Waals surface area contributed by atoms with Crippen molar-refractivity contribution in [2.24, 2.45) is 10.3 Å². The van der Waals surface area contributed by atoms with Crippen molar-refractivity contribution in [2.75, 3.05) is 4.90 Å². The number of carbonyl (C=O) groups is 2. The van der Waals surface area contributed by atoms with Gasteiger partial charge in [0.1, 0.15) is 6.54 Å². The van der Waals surface area contributed by atoms with Gasteiger partial charge in [0, 0.05) is 16.1 Å². The van der Waals surface area contributed by atoms with Crippen LogP contribution in [0.15, 0.2) is 61.8 Å². The van der Waals surface area contributed by atoms with E-state index >= 15 is 0 Å². The number of carbonyl (C=O) groups excluding carboxylic acids is 2. The number of aromatic nitrogens is 2. The molecular formula is C19H11BrF2N6O3. The lowest BCUT2D eigenvalue weighted by molar-refractivity contribution is -0.123. The second-order valence-electron chi connectivity index (χ2n) is 6.82. The molecule has 5 rings (SSSR count). The molecule has 0 aliphatic carbocycles. The van der Waals surface area contributed by atoms with Crippen LogP contribution in [0.2, 0.25) is 0 Å². The van der Waals surface area contributed by atoms with Crippen LogP contribution in [0.1, 0.15) is 5.89 Å². The molecule has 2 aliphatic rings. The summed E-state index contributed by atoms with van der Waals surface area (Å²) < 4.78 is 32.9. The van der Waals surface area contributed by atoms with Gasteiger partial charge in [0.25, 0.3) is 11.8 Å². The third-order valence-electron chi connectivity index (χ3n) is 4.87. The van der Waals surface area contributed by atoms with Gasteiger partial charge in [-0.3, -0.25) is 14.6 Å². The zero-order valence-electron chi connectivity index (χ0n) is 15.4. The van der Waals surface area contributed by atoms with Crippen LogP contribution in [-0.2, 0) is 16.1 Å². The van der Waals surface area contributed by atoms with E-state index in [2.05, 4.69) is 36.4 Å². The molecule has 1 aromatic heterocycles. The van der Waals surface area contributed by atoms with Crippen molar-refractivity contribution in [3.63, 3.8) is 0 Å².